The largest absolute Gasteiger partial charge is 0.481 e. The number of nitrogens with zero attached hydrogens (tertiary/aromatic N) is 2. The Kier molecular flexibility index (Phi) is 7.33. The molecule has 6 heteroatoms. The highest BCUT2D eigenvalue weighted by Gasteiger charge is 2.22. The fourth-order valence-electron chi connectivity index (χ4n) is 4.40. The predicted molar refractivity (Wildman–Crippen MR) is 126 cm³/mol. The Morgan fingerprint density at radius 3 is 2.21 bits per heavy atom. The normalized spacial score (nSPS) is 13.1. The Morgan fingerprint density at radius 2 is 1.55 bits per heavy atom. The number of aromatic nitrogens is 1. The number of carboxylic acid groups (broad SMARTS) is 1. The standard InChI is InChI=1S/C27H28F2N2O2/c28-22-12-8-19(9-13-22)24-18-21-6-5-17-31(16-4-2-1-3-7-25(32)33)27(21)30-26(24)20-10-14-23(29)15-11-20/h8-15,18H,1-7,16-17H2,(H,32,33). The first-order valence-corrected chi connectivity index (χ1v) is 11.5. The Labute approximate surface area is 192 Å². The summed E-state index contributed by atoms with van der Waals surface area (Å²) in [7, 11) is 0. The molecule has 0 unspecified atom stereocenters. The number of halogens is 2. The number of pyridine rings is 1. The van der Waals surface area contributed by atoms with Gasteiger partial charge in [-0.05, 0) is 79.3 Å². The number of unbranched alkanes of at least 4 members (excludes halogenated alkanes) is 3. The van der Waals surface area contributed by atoms with Crippen LogP contribution >= 0.6 is 0 Å². The Balaban J connectivity index is 1.62. The van der Waals surface area contributed by atoms with Crippen LogP contribution in [0.15, 0.2) is 54.6 Å². The van der Waals surface area contributed by atoms with Gasteiger partial charge in [0.2, 0.25) is 0 Å². The third-order valence-electron chi connectivity index (χ3n) is 6.09. The fourth-order valence-corrected chi connectivity index (χ4v) is 4.40. The summed E-state index contributed by atoms with van der Waals surface area (Å²) in [5, 5.41) is 8.78. The predicted octanol–water partition coefficient (Wildman–Crippen LogP) is 6.48. The third kappa shape index (κ3) is 5.75. The van der Waals surface area contributed by atoms with E-state index in [9.17, 15) is 13.6 Å². The molecule has 172 valence electrons. The molecule has 1 N–H and O–H groups in total. The Hall–Kier alpha value is -3.28. The smallest absolute Gasteiger partial charge is 0.303 e. The third-order valence-corrected chi connectivity index (χ3v) is 6.09. The van der Waals surface area contributed by atoms with Crippen molar-refractivity contribution in [3.05, 3.63) is 71.8 Å². The fraction of sp³-hybridized carbons (Fsp3) is 0.333. The highest BCUT2D eigenvalue weighted by molar-refractivity contribution is 5.83. The van der Waals surface area contributed by atoms with Crippen LogP contribution in [0.25, 0.3) is 22.4 Å². The quantitative estimate of drug-likeness (QED) is 0.379. The van der Waals surface area contributed by atoms with Gasteiger partial charge in [-0.3, -0.25) is 4.79 Å². The second-order valence-electron chi connectivity index (χ2n) is 8.53. The summed E-state index contributed by atoms with van der Waals surface area (Å²) in [5.74, 6) is -0.376. The minimum atomic E-state index is -0.741. The molecule has 3 aromatic rings. The molecule has 1 aromatic heterocycles. The first-order valence-electron chi connectivity index (χ1n) is 11.5. The van der Waals surface area contributed by atoms with Crippen LogP contribution in [0.4, 0.5) is 14.6 Å². The van der Waals surface area contributed by atoms with Crippen molar-refractivity contribution in [2.45, 2.75) is 44.9 Å². The van der Waals surface area contributed by atoms with Gasteiger partial charge in [0.1, 0.15) is 17.5 Å². The molecule has 0 amide bonds. The van der Waals surface area contributed by atoms with E-state index in [1.165, 1.54) is 24.3 Å². The summed E-state index contributed by atoms with van der Waals surface area (Å²) in [6, 6.07) is 14.9. The molecule has 1 aliphatic heterocycles. The van der Waals surface area contributed by atoms with Crippen molar-refractivity contribution in [3.63, 3.8) is 0 Å². The average Bonchev–Trinajstić information content (AvgIpc) is 2.81. The van der Waals surface area contributed by atoms with Gasteiger partial charge >= 0.3 is 5.97 Å². The number of carboxylic acids is 1. The van der Waals surface area contributed by atoms with Gasteiger partial charge in [-0.25, -0.2) is 13.8 Å². The van der Waals surface area contributed by atoms with Gasteiger partial charge in [0.25, 0.3) is 0 Å². The molecular formula is C27H28F2N2O2. The van der Waals surface area contributed by atoms with Crippen molar-refractivity contribution < 1.29 is 18.7 Å². The van der Waals surface area contributed by atoms with Crippen molar-refractivity contribution in [1.82, 2.24) is 4.98 Å². The number of rotatable bonds is 9. The molecule has 0 saturated carbocycles. The molecule has 2 heterocycles. The molecule has 0 atom stereocenters. The lowest BCUT2D eigenvalue weighted by atomic mass is 9.94. The van der Waals surface area contributed by atoms with Crippen molar-refractivity contribution in [1.29, 1.82) is 0 Å². The van der Waals surface area contributed by atoms with Crippen LogP contribution in [-0.2, 0) is 11.2 Å². The van der Waals surface area contributed by atoms with Gasteiger partial charge in [0, 0.05) is 30.6 Å². The van der Waals surface area contributed by atoms with Crippen LogP contribution in [0.1, 0.15) is 44.1 Å². The van der Waals surface area contributed by atoms with Gasteiger partial charge in [0.05, 0.1) is 5.69 Å². The molecule has 33 heavy (non-hydrogen) atoms. The van der Waals surface area contributed by atoms with Crippen LogP contribution in [-0.4, -0.2) is 29.1 Å². The minimum absolute atomic E-state index is 0.224. The van der Waals surface area contributed by atoms with Gasteiger partial charge in [-0.2, -0.15) is 0 Å². The van der Waals surface area contributed by atoms with Crippen molar-refractivity contribution in [3.8, 4) is 22.4 Å². The molecule has 0 fully saturated rings. The molecule has 0 aliphatic carbocycles. The van der Waals surface area contributed by atoms with Crippen molar-refractivity contribution in [2.24, 2.45) is 0 Å². The van der Waals surface area contributed by atoms with Crippen molar-refractivity contribution >= 4 is 11.8 Å². The number of hydrogen-bond acceptors (Lipinski definition) is 3. The lowest BCUT2D eigenvalue weighted by molar-refractivity contribution is -0.137. The summed E-state index contributed by atoms with van der Waals surface area (Å²) in [4.78, 5) is 18.0. The van der Waals surface area contributed by atoms with Crippen LogP contribution in [0.2, 0.25) is 0 Å². The molecule has 0 bridgehead atoms. The highest BCUT2D eigenvalue weighted by atomic mass is 19.1. The van der Waals surface area contributed by atoms with Crippen LogP contribution in [0, 0.1) is 11.6 Å². The zero-order valence-corrected chi connectivity index (χ0v) is 18.6. The first kappa shape index (κ1) is 22.9. The molecule has 4 nitrogen and oxygen atoms in total. The van der Waals surface area contributed by atoms with E-state index in [0.29, 0.717) is 6.42 Å². The molecule has 1 aliphatic rings. The van der Waals surface area contributed by atoms with E-state index in [1.54, 1.807) is 24.3 Å². The monoisotopic (exact) mass is 450 g/mol. The van der Waals surface area contributed by atoms with Gasteiger partial charge in [-0.15, -0.1) is 0 Å². The van der Waals surface area contributed by atoms with Crippen LogP contribution in [0.3, 0.4) is 0 Å². The molecule has 0 saturated heterocycles. The maximum atomic E-state index is 13.6. The van der Waals surface area contributed by atoms with E-state index in [1.807, 2.05) is 0 Å². The number of hydrogen-bond donors (Lipinski definition) is 1. The lowest BCUT2D eigenvalue weighted by Gasteiger charge is -2.31. The summed E-state index contributed by atoms with van der Waals surface area (Å²) in [6.45, 7) is 1.79. The number of aryl methyl sites for hydroxylation is 1. The first-order chi connectivity index (χ1) is 16.0. The zero-order valence-electron chi connectivity index (χ0n) is 18.6. The van der Waals surface area contributed by atoms with Crippen LogP contribution < -0.4 is 4.90 Å². The maximum absolute atomic E-state index is 13.6. The molecule has 0 spiro atoms. The second-order valence-corrected chi connectivity index (χ2v) is 8.53. The number of aliphatic carboxylic acids is 1. The summed E-state index contributed by atoms with van der Waals surface area (Å²) >= 11 is 0. The number of anilines is 1. The van der Waals surface area contributed by atoms with Gasteiger partial charge < -0.3 is 10.0 Å². The SMILES string of the molecule is O=C(O)CCCCCCN1CCCc2cc(-c3ccc(F)cc3)c(-c3ccc(F)cc3)nc21. The molecule has 4 rings (SSSR count). The van der Waals surface area contributed by atoms with E-state index in [4.69, 9.17) is 10.1 Å². The number of fused-ring (bicyclic) bond motifs is 1. The Morgan fingerprint density at radius 1 is 0.909 bits per heavy atom. The minimum Gasteiger partial charge on any atom is -0.481 e. The highest BCUT2D eigenvalue weighted by Crippen LogP contribution is 2.37. The zero-order chi connectivity index (χ0) is 23.2. The average molecular weight is 451 g/mol. The van der Waals surface area contributed by atoms with E-state index < -0.39 is 5.97 Å². The van der Waals surface area contributed by atoms with E-state index in [2.05, 4.69) is 11.0 Å². The second kappa shape index (κ2) is 10.6. The molecule has 0 radical (unpaired) electrons. The van der Waals surface area contributed by atoms with E-state index in [-0.39, 0.29) is 18.1 Å². The summed E-state index contributed by atoms with van der Waals surface area (Å²) < 4.78 is 27.1. The Bertz CT molecular complexity index is 1100. The lowest BCUT2D eigenvalue weighted by Crippen LogP contribution is -2.31. The molecule has 2 aromatic carbocycles. The topological polar surface area (TPSA) is 53.4 Å². The van der Waals surface area contributed by atoms with Gasteiger partial charge in [0.15, 0.2) is 0 Å². The number of carbonyl (C=O) groups is 1. The van der Waals surface area contributed by atoms with E-state index >= 15 is 0 Å². The summed E-state index contributed by atoms with van der Waals surface area (Å²) in [6.07, 6.45) is 5.76. The van der Waals surface area contributed by atoms with Crippen molar-refractivity contribution in [2.75, 3.05) is 18.0 Å². The molecular weight excluding hydrogens is 422 g/mol. The maximum Gasteiger partial charge on any atom is 0.303 e. The number of benzene rings is 2. The van der Waals surface area contributed by atoms with E-state index in [0.717, 1.165) is 79.0 Å². The van der Waals surface area contributed by atoms with Crippen LogP contribution in [0.5, 0.6) is 0 Å². The summed E-state index contributed by atoms with van der Waals surface area (Å²) in [5.41, 5.74) is 4.53. The van der Waals surface area contributed by atoms with Gasteiger partial charge in [-0.1, -0.05) is 25.0 Å².